The summed E-state index contributed by atoms with van der Waals surface area (Å²) in [5.41, 5.74) is 4.10. The maximum atomic E-state index is 12.4. The van der Waals surface area contributed by atoms with E-state index in [4.69, 9.17) is 0 Å². The van der Waals surface area contributed by atoms with Crippen LogP contribution in [-0.4, -0.2) is 36.3 Å². The fraction of sp³-hybridized carbons (Fsp3) is 0.364. The van der Waals surface area contributed by atoms with Crippen molar-refractivity contribution in [2.45, 2.75) is 33.2 Å². The molecule has 142 valence electrons. The van der Waals surface area contributed by atoms with Crippen molar-refractivity contribution in [3.05, 3.63) is 59.7 Å². The van der Waals surface area contributed by atoms with Gasteiger partial charge in [0.15, 0.2) is 0 Å². The van der Waals surface area contributed by atoms with E-state index >= 15 is 0 Å². The maximum Gasteiger partial charge on any atom is 0.244 e. The molecule has 1 fully saturated rings. The first-order valence-corrected chi connectivity index (χ1v) is 9.47. The van der Waals surface area contributed by atoms with Gasteiger partial charge in [0.2, 0.25) is 11.8 Å². The normalized spacial score (nSPS) is 13.5. The Kier molecular flexibility index (Phi) is 6.12. The molecule has 0 spiro atoms. The lowest BCUT2D eigenvalue weighted by Gasteiger charge is -2.21. The summed E-state index contributed by atoms with van der Waals surface area (Å²) in [5.74, 6) is -0.303. The summed E-state index contributed by atoms with van der Waals surface area (Å²) in [6, 6.07) is 15.9. The summed E-state index contributed by atoms with van der Waals surface area (Å²) in [4.78, 5) is 28.3. The molecule has 0 aromatic heterocycles. The Labute approximate surface area is 161 Å². The molecule has 2 aromatic rings. The van der Waals surface area contributed by atoms with Gasteiger partial charge in [0.05, 0.1) is 0 Å². The predicted molar refractivity (Wildman–Crippen MR) is 109 cm³/mol. The molecule has 27 heavy (non-hydrogen) atoms. The summed E-state index contributed by atoms with van der Waals surface area (Å²) >= 11 is 0. The van der Waals surface area contributed by atoms with Crippen LogP contribution in [0.5, 0.6) is 0 Å². The Hall–Kier alpha value is -2.82. The van der Waals surface area contributed by atoms with E-state index in [2.05, 4.69) is 10.2 Å². The fourth-order valence-corrected chi connectivity index (χ4v) is 3.41. The molecule has 1 aliphatic heterocycles. The topological polar surface area (TPSA) is 52.7 Å². The average Bonchev–Trinajstić information content (AvgIpc) is 3.16. The molecule has 3 rings (SSSR count). The van der Waals surface area contributed by atoms with Crippen molar-refractivity contribution in [1.29, 1.82) is 0 Å². The number of nitrogens with zero attached hydrogens (tertiary/aromatic N) is 2. The highest BCUT2D eigenvalue weighted by Gasteiger charge is 2.15. The van der Waals surface area contributed by atoms with E-state index in [1.165, 1.54) is 25.5 Å². The first-order valence-electron chi connectivity index (χ1n) is 9.47. The van der Waals surface area contributed by atoms with Gasteiger partial charge in [-0.25, -0.2) is 0 Å². The average molecular weight is 365 g/mol. The third-order valence-corrected chi connectivity index (χ3v) is 4.86. The number of aryl methyl sites for hydroxylation is 1. The van der Waals surface area contributed by atoms with Gasteiger partial charge in [0.1, 0.15) is 6.54 Å². The van der Waals surface area contributed by atoms with Crippen LogP contribution in [0.2, 0.25) is 0 Å². The fourth-order valence-electron chi connectivity index (χ4n) is 3.41. The van der Waals surface area contributed by atoms with E-state index in [-0.39, 0.29) is 18.4 Å². The molecular formula is C22H27N3O2. The van der Waals surface area contributed by atoms with Crippen LogP contribution >= 0.6 is 0 Å². The number of hydrogen-bond donors (Lipinski definition) is 1. The summed E-state index contributed by atoms with van der Waals surface area (Å²) < 4.78 is 0. The minimum Gasteiger partial charge on any atom is -0.372 e. The molecule has 0 atom stereocenters. The summed E-state index contributed by atoms with van der Waals surface area (Å²) in [7, 11) is 0. The van der Waals surface area contributed by atoms with Crippen molar-refractivity contribution in [1.82, 2.24) is 4.90 Å². The number of carbonyl (C=O) groups is 2. The number of anilines is 2. The molecule has 2 amide bonds. The molecular weight excluding hydrogens is 338 g/mol. The molecule has 2 aromatic carbocycles. The second-order valence-electron chi connectivity index (χ2n) is 7.15. The molecule has 5 heteroatoms. The van der Waals surface area contributed by atoms with Gasteiger partial charge in [-0.3, -0.25) is 9.59 Å². The van der Waals surface area contributed by atoms with E-state index < -0.39 is 0 Å². The Bertz CT molecular complexity index is 795. The second kappa shape index (κ2) is 8.71. The van der Waals surface area contributed by atoms with Crippen LogP contribution < -0.4 is 10.2 Å². The van der Waals surface area contributed by atoms with Crippen molar-refractivity contribution in [2.24, 2.45) is 0 Å². The lowest BCUT2D eigenvalue weighted by molar-refractivity contribution is -0.133. The van der Waals surface area contributed by atoms with Gasteiger partial charge in [-0.1, -0.05) is 29.8 Å². The standard InChI is InChI=1S/C22H27N3O2/c1-17-6-5-7-19(14-17)15-25(18(2)26)16-22(27)23-20-8-10-21(11-9-20)24-12-3-4-13-24/h5-11,14H,3-4,12-13,15-16H2,1-2H3,(H,23,27). The van der Waals surface area contributed by atoms with Gasteiger partial charge in [0, 0.05) is 37.9 Å². The number of amides is 2. The number of carbonyl (C=O) groups excluding carboxylic acids is 2. The molecule has 0 unspecified atom stereocenters. The van der Waals surface area contributed by atoms with Gasteiger partial charge in [-0.15, -0.1) is 0 Å². The largest absolute Gasteiger partial charge is 0.372 e. The van der Waals surface area contributed by atoms with Crippen LogP contribution in [0.4, 0.5) is 11.4 Å². The Balaban J connectivity index is 1.58. The minimum absolute atomic E-state index is 0.0388. The zero-order valence-electron chi connectivity index (χ0n) is 16.1. The molecule has 1 saturated heterocycles. The van der Waals surface area contributed by atoms with Gasteiger partial charge >= 0.3 is 0 Å². The Morgan fingerprint density at radius 3 is 2.41 bits per heavy atom. The van der Waals surface area contributed by atoms with E-state index in [1.807, 2.05) is 55.5 Å². The van der Waals surface area contributed by atoms with E-state index in [1.54, 1.807) is 4.90 Å². The minimum atomic E-state index is -0.188. The molecule has 0 bridgehead atoms. The number of nitrogens with one attached hydrogen (secondary N) is 1. The van der Waals surface area contributed by atoms with Crippen molar-refractivity contribution < 1.29 is 9.59 Å². The highest BCUT2D eigenvalue weighted by Crippen LogP contribution is 2.22. The first-order chi connectivity index (χ1) is 13.0. The molecule has 0 aliphatic carbocycles. The summed E-state index contributed by atoms with van der Waals surface area (Å²) in [6.45, 7) is 6.17. The van der Waals surface area contributed by atoms with E-state index in [0.717, 1.165) is 29.9 Å². The van der Waals surface area contributed by atoms with Gasteiger partial charge < -0.3 is 15.1 Å². The van der Waals surface area contributed by atoms with Crippen LogP contribution in [0, 0.1) is 6.92 Å². The highest BCUT2D eigenvalue weighted by molar-refractivity contribution is 5.94. The zero-order valence-corrected chi connectivity index (χ0v) is 16.1. The third kappa shape index (κ3) is 5.33. The lowest BCUT2D eigenvalue weighted by atomic mass is 10.1. The SMILES string of the molecule is CC(=O)N(CC(=O)Nc1ccc(N2CCCC2)cc1)Cc1cccc(C)c1. The molecule has 1 N–H and O–H groups in total. The van der Waals surface area contributed by atoms with Gasteiger partial charge in [-0.05, 0) is 49.6 Å². The van der Waals surface area contributed by atoms with Crippen LogP contribution in [0.3, 0.4) is 0 Å². The number of benzene rings is 2. The number of rotatable bonds is 6. The number of hydrogen-bond acceptors (Lipinski definition) is 3. The molecule has 1 heterocycles. The Morgan fingerprint density at radius 1 is 1.07 bits per heavy atom. The van der Waals surface area contributed by atoms with Crippen LogP contribution in [0.1, 0.15) is 30.9 Å². The van der Waals surface area contributed by atoms with Crippen molar-refractivity contribution >= 4 is 23.2 Å². The van der Waals surface area contributed by atoms with Crippen molar-refractivity contribution in [3.8, 4) is 0 Å². The molecule has 1 aliphatic rings. The first kappa shape index (κ1) is 19.0. The van der Waals surface area contributed by atoms with Gasteiger partial charge in [0.25, 0.3) is 0 Å². The molecule has 0 radical (unpaired) electrons. The monoisotopic (exact) mass is 365 g/mol. The molecule has 0 saturated carbocycles. The van der Waals surface area contributed by atoms with E-state index in [0.29, 0.717) is 6.54 Å². The zero-order chi connectivity index (χ0) is 19.2. The van der Waals surface area contributed by atoms with Crippen LogP contribution in [0.25, 0.3) is 0 Å². The second-order valence-corrected chi connectivity index (χ2v) is 7.15. The quantitative estimate of drug-likeness (QED) is 0.851. The molecule has 5 nitrogen and oxygen atoms in total. The van der Waals surface area contributed by atoms with Crippen molar-refractivity contribution in [2.75, 3.05) is 29.9 Å². The highest BCUT2D eigenvalue weighted by atomic mass is 16.2. The lowest BCUT2D eigenvalue weighted by Crippen LogP contribution is -2.36. The van der Waals surface area contributed by atoms with Crippen molar-refractivity contribution in [3.63, 3.8) is 0 Å². The van der Waals surface area contributed by atoms with E-state index in [9.17, 15) is 9.59 Å². The van der Waals surface area contributed by atoms with Crippen LogP contribution in [0.15, 0.2) is 48.5 Å². The van der Waals surface area contributed by atoms with Gasteiger partial charge in [-0.2, -0.15) is 0 Å². The maximum absolute atomic E-state index is 12.4. The Morgan fingerprint density at radius 2 is 1.78 bits per heavy atom. The summed E-state index contributed by atoms with van der Waals surface area (Å²) in [6.07, 6.45) is 2.47. The smallest absolute Gasteiger partial charge is 0.244 e. The van der Waals surface area contributed by atoms with Crippen LogP contribution in [-0.2, 0) is 16.1 Å². The third-order valence-electron chi connectivity index (χ3n) is 4.86. The predicted octanol–water partition coefficient (Wildman–Crippen LogP) is 3.58. The summed E-state index contributed by atoms with van der Waals surface area (Å²) in [5, 5.41) is 2.89.